The van der Waals surface area contributed by atoms with Crippen LogP contribution in [0.25, 0.3) is 0 Å². The number of amides is 2. The third-order valence-electron chi connectivity index (χ3n) is 1.70. The third-order valence-corrected chi connectivity index (χ3v) is 1.70. The average Bonchev–Trinajstić information content (AvgIpc) is 2.17. The number of rotatable bonds is 6. The lowest BCUT2D eigenvalue weighted by Gasteiger charge is -2.20. The van der Waals surface area contributed by atoms with Crippen LogP contribution in [0.1, 0.15) is 27.2 Å². The molecule has 0 heterocycles. The van der Waals surface area contributed by atoms with Crippen molar-refractivity contribution in [3.63, 3.8) is 0 Å². The van der Waals surface area contributed by atoms with E-state index in [0.717, 1.165) is 0 Å². The van der Waals surface area contributed by atoms with E-state index in [9.17, 15) is 22.8 Å². The topological polar surface area (TPSA) is 67.4 Å². The highest BCUT2D eigenvalue weighted by molar-refractivity contribution is 5.84. The second-order valence-corrected chi connectivity index (χ2v) is 4.99. The number of alkyl halides is 3. The first-order valence-corrected chi connectivity index (χ1v) is 5.72. The zero-order chi connectivity index (χ0) is 15.1. The quantitative estimate of drug-likeness (QED) is 0.715. The van der Waals surface area contributed by atoms with E-state index in [-0.39, 0.29) is 25.5 Å². The molecule has 0 aromatic rings. The smallest absolute Gasteiger partial charge is 0.372 e. The molecule has 0 aliphatic carbocycles. The second-order valence-electron chi connectivity index (χ2n) is 4.99. The van der Waals surface area contributed by atoms with Crippen LogP contribution in [0.2, 0.25) is 0 Å². The Balaban J connectivity index is 3.68. The van der Waals surface area contributed by atoms with E-state index >= 15 is 0 Å². The first-order chi connectivity index (χ1) is 8.49. The van der Waals surface area contributed by atoms with E-state index in [0.29, 0.717) is 0 Å². The third kappa shape index (κ3) is 12.9. The van der Waals surface area contributed by atoms with Crippen LogP contribution >= 0.6 is 0 Å². The van der Waals surface area contributed by atoms with Crippen LogP contribution < -0.4 is 10.6 Å². The molecule has 0 spiro atoms. The van der Waals surface area contributed by atoms with Crippen LogP contribution in [-0.4, -0.2) is 43.3 Å². The lowest BCUT2D eigenvalue weighted by Crippen LogP contribution is -2.45. The Labute approximate surface area is 109 Å². The fourth-order valence-electron chi connectivity index (χ4n) is 1.08. The molecule has 0 saturated carbocycles. The van der Waals surface area contributed by atoms with Crippen LogP contribution in [0.5, 0.6) is 0 Å². The number of hydrogen-bond acceptors (Lipinski definition) is 3. The number of carbonyl (C=O) groups is 2. The largest absolute Gasteiger partial charge is 0.411 e. The molecule has 0 unspecified atom stereocenters. The predicted octanol–water partition coefficient (Wildman–Crippen LogP) is 0.986. The first-order valence-electron chi connectivity index (χ1n) is 5.72. The molecule has 0 radical (unpaired) electrons. The van der Waals surface area contributed by atoms with Gasteiger partial charge in [0.05, 0.1) is 13.2 Å². The highest BCUT2D eigenvalue weighted by Crippen LogP contribution is 2.14. The number of carbonyl (C=O) groups excluding carboxylic acids is 2. The van der Waals surface area contributed by atoms with Crippen molar-refractivity contribution in [1.29, 1.82) is 0 Å². The molecular formula is C11H19F3N2O3. The summed E-state index contributed by atoms with van der Waals surface area (Å²) in [5, 5.41) is 4.92. The molecule has 0 rings (SSSR count). The molecule has 2 amide bonds. The van der Waals surface area contributed by atoms with Gasteiger partial charge in [0.2, 0.25) is 11.8 Å². The Kier molecular flexibility index (Phi) is 6.82. The van der Waals surface area contributed by atoms with Crippen molar-refractivity contribution in [2.45, 2.75) is 38.9 Å². The van der Waals surface area contributed by atoms with Gasteiger partial charge in [-0.1, -0.05) is 0 Å². The fraction of sp³-hybridized carbons (Fsp3) is 0.818. The Morgan fingerprint density at radius 3 is 2.16 bits per heavy atom. The molecule has 2 N–H and O–H groups in total. The summed E-state index contributed by atoms with van der Waals surface area (Å²) in [6.07, 6.45) is -4.62. The summed E-state index contributed by atoms with van der Waals surface area (Å²) in [5.41, 5.74) is -0.405. The zero-order valence-electron chi connectivity index (χ0n) is 11.2. The van der Waals surface area contributed by atoms with Gasteiger partial charge in [-0.2, -0.15) is 13.2 Å². The molecule has 0 aromatic carbocycles. The van der Waals surface area contributed by atoms with Gasteiger partial charge < -0.3 is 15.4 Å². The Bertz CT molecular complexity index is 311. The van der Waals surface area contributed by atoms with E-state index in [4.69, 9.17) is 0 Å². The normalized spacial score (nSPS) is 12.1. The maximum Gasteiger partial charge on any atom is 0.411 e. The van der Waals surface area contributed by atoms with Crippen molar-refractivity contribution >= 4 is 11.8 Å². The van der Waals surface area contributed by atoms with Gasteiger partial charge in [0, 0.05) is 12.0 Å². The van der Waals surface area contributed by atoms with Gasteiger partial charge in [-0.05, 0) is 20.8 Å². The van der Waals surface area contributed by atoms with Crippen molar-refractivity contribution in [2.24, 2.45) is 0 Å². The molecule has 0 saturated heterocycles. The summed E-state index contributed by atoms with van der Waals surface area (Å²) in [6.45, 7) is 3.43. The SMILES string of the molecule is CC(C)(C)NC(=O)CNC(=O)CCOCC(F)(F)F. The van der Waals surface area contributed by atoms with Crippen molar-refractivity contribution in [3.8, 4) is 0 Å². The Morgan fingerprint density at radius 2 is 1.68 bits per heavy atom. The molecule has 0 aromatic heterocycles. The lowest BCUT2D eigenvalue weighted by atomic mass is 10.1. The highest BCUT2D eigenvalue weighted by Gasteiger charge is 2.27. The minimum atomic E-state index is -4.40. The fourth-order valence-corrected chi connectivity index (χ4v) is 1.08. The highest BCUT2D eigenvalue weighted by atomic mass is 19.4. The van der Waals surface area contributed by atoms with Crippen LogP contribution in [0.4, 0.5) is 13.2 Å². The van der Waals surface area contributed by atoms with Gasteiger partial charge in [-0.15, -0.1) is 0 Å². The van der Waals surface area contributed by atoms with Gasteiger partial charge in [-0.25, -0.2) is 0 Å². The first kappa shape index (κ1) is 17.7. The summed E-state index contributed by atoms with van der Waals surface area (Å²) >= 11 is 0. The van der Waals surface area contributed by atoms with Gasteiger partial charge in [0.1, 0.15) is 6.61 Å². The number of ether oxygens (including phenoxy) is 1. The van der Waals surface area contributed by atoms with Gasteiger partial charge in [-0.3, -0.25) is 9.59 Å². The number of halogens is 3. The summed E-state index contributed by atoms with van der Waals surface area (Å²) in [4.78, 5) is 22.5. The molecule has 0 aliphatic rings. The van der Waals surface area contributed by atoms with E-state index in [1.165, 1.54) is 0 Å². The standard InChI is InChI=1S/C11H19F3N2O3/c1-10(2,3)16-9(18)6-15-8(17)4-5-19-7-11(12,13)14/h4-7H2,1-3H3,(H,15,17)(H,16,18). The van der Waals surface area contributed by atoms with E-state index < -0.39 is 24.2 Å². The molecule has 19 heavy (non-hydrogen) atoms. The van der Waals surface area contributed by atoms with E-state index in [2.05, 4.69) is 15.4 Å². The van der Waals surface area contributed by atoms with Crippen molar-refractivity contribution < 1.29 is 27.5 Å². The maximum absolute atomic E-state index is 11.7. The number of hydrogen-bond donors (Lipinski definition) is 2. The van der Waals surface area contributed by atoms with Crippen LogP contribution in [-0.2, 0) is 14.3 Å². The van der Waals surface area contributed by atoms with E-state index in [1.54, 1.807) is 20.8 Å². The molecule has 112 valence electrons. The monoisotopic (exact) mass is 284 g/mol. The van der Waals surface area contributed by atoms with Crippen LogP contribution in [0.15, 0.2) is 0 Å². The molecule has 0 fully saturated rings. The van der Waals surface area contributed by atoms with Crippen molar-refractivity contribution in [1.82, 2.24) is 10.6 Å². The molecule has 0 bridgehead atoms. The molecule has 0 atom stereocenters. The summed E-state index contributed by atoms with van der Waals surface area (Å²) in [5.74, 6) is -0.900. The zero-order valence-corrected chi connectivity index (χ0v) is 11.2. The molecular weight excluding hydrogens is 265 g/mol. The summed E-state index contributed by atoms with van der Waals surface area (Å²) in [6, 6.07) is 0. The van der Waals surface area contributed by atoms with Gasteiger partial charge in [0.15, 0.2) is 0 Å². The minimum Gasteiger partial charge on any atom is -0.372 e. The second kappa shape index (κ2) is 7.32. The molecule has 5 nitrogen and oxygen atoms in total. The van der Waals surface area contributed by atoms with Crippen LogP contribution in [0.3, 0.4) is 0 Å². The lowest BCUT2D eigenvalue weighted by molar-refractivity contribution is -0.174. The Morgan fingerprint density at radius 1 is 1.11 bits per heavy atom. The molecule has 0 aliphatic heterocycles. The predicted molar refractivity (Wildman–Crippen MR) is 62.4 cm³/mol. The van der Waals surface area contributed by atoms with Crippen LogP contribution in [0, 0.1) is 0 Å². The minimum absolute atomic E-state index is 0.213. The van der Waals surface area contributed by atoms with E-state index in [1.807, 2.05) is 0 Å². The summed E-state index contributed by atoms with van der Waals surface area (Å²) < 4.78 is 39.4. The van der Waals surface area contributed by atoms with Gasteiger partial charge in [0.25, 0.3) is 0 Å². The Hall–Kier alpha value is -1.31. The molecule has 8 heteroatoms. The summed E-state index contributed by atoms with van der Waals surface area (Å²) in [7, 11) is 0. The average molecular weight is 284 g/mol. The number of nitrogens with one attached hydrogen (secondary N) is 2. The van der Waals surface area contributed by atoms with Gasteiger partial charge >= 0.3 is 6.18 Å². The van der Waals surface area contributed by atoms with Crippen molar-refractivity contribution in [2.75, 3.05) is 19.8 Å². The maximum atomic E-state index is 11.7. The van der Waals surface area contributed by atoms with Crippen molar-refractivity contribution in [3.05, 3.63) is 0 Å².